The minimum atomic E-state index is -0.937. The van der Waals surface area contributed by atoms with E-state index >= 15 is 0 Å². The third-order valence-electron chi connectivity index (χ3n) is 5.29. The second kappa shape index (κ2) is 7.58. The van der Waals surface area contributed by atoms with Gasteiger partial charge in [-0.15, -0.1) is 0 Å². The SMILES string of the molecule is COc1ccc(NC(=O)CN2N=N[C@@H]3C(=O)N(c4ccc(C)c(C)c4)C(=O)[C@H]32)cc1. The number of aryl methyl sites for hydroxylation is 2. The molecule has 2 aromatic carbocycles. The highest BCUT2D eigenvalue weighted by molar-refractivity contribution is 6.25. The van der Waals surface area contributed by atoms with Crippen LogP contribution in [-0.2, 0) is 14.4 Å². The van der Waals surface area contributed by atoms with Crippen molar-refractivity contribution in [2.45, 2.75) is 25.9 Å². The van der Waals surface area contributed by atoms with Gasteiger partial charge in [0, 0.05) is 5.69 Å². The normalized spacial score (nSPS) is 20.0. The molecule has 3 amide bonds. The lowest BCUT2D eigenvalue weighted by molar-refractivity contribution is -0.123. The maximum Gasteiger partial charge on any atom is 0.263 e. The Morgan fingerprint density at radius 1 is 1.07 bits per heavy atom. The molecule has 0 bridgehead atoms. The number of fused-ring (bicyclic) bond motifs is 1. The van der Waals surface area contributed by atoms with Crippen LogP contribution in [0.5, 0.6) is 5.75 Å². The van der Waals surface area contributed by atoms with Crippen molar-refractivity contribution in [2.24, 2.45) is 10.3 Å². The summed E-state index contributed by atoms with van der Waals surface area (Å²) in [6.07, 6.45) is 0. The summed E-state index contributed by atoms with van der Waals surface area (Å²) in [5.74, 6) is -0.569. The van der Waals surface area contributed by atoms with E-state index in [1.54, 1.807) is 43.5 Å². The first-order valence-electron chi connectivity index (χ1n) is 9.45. The average Bonchev–Trinajstić information content (AvgIpc) is 3.24. The molecular weight excluding hydrogens is 386 g/mol. The van der Waals surface area contributed by atoms with Gasteiger partial charge in [-0.3, -0.25) is 19.4 Å². The molecule has 9 nitrogen and oxygen atoms in total. The van der Waals surface area contributed by atoms with E-state index in [0.717, 1.165) is 16.0 Å². The van der Waals surface area contributed by atoms with Crippen LogP contribution in [0.3, 0.4) is 0 Å². The van der Waals surface area contributed by atoms with E-state index in [4.69, 9.17) is 4.74 Å². The second-order valence-corrected chi connectivity index (χ2v) is 7.25. The Kier molecular flexibility index (Phi) is 4.94. The van der Waals surface area contributed by atoms with Crippen molar-refractivity contribution < 1.29 is 19.1 Å². The lowest BCUT2D eigenvalue weighted by Gasteiger charge is -2.20. The van der Waals surface area contributed by atoms with Crippen LogP contribution in [0.25, 0.3) is 0 Å². The Labute approximate surface area is 173 Å². The molecule has 9 heteroatoms. The van der Waals surface area contributed by atoms with Crippen LogP contribution in [0.1, 0.15) is 11.1 Å². The van der Waals surface area contributed by atoms with E-state index in [-0.39, 0.29) is 12.5 Å². The van der Waals surface area contributed by atoms with Crippen molar-refractivity contribution in [2.75, 3.05) is 23.9 Å². The summed E-state index contributed by atoms with van der Waals surface area (Å²) in [7, 11) is 1.56. The lowest BCUT2D eigenvalue weighted by Crippen LogP contribution is -2.43. The molecule has 1 N–H and O–H groups in total. The molecule has 1 fully saturated rings. The maximum absolute atomic E-state index is 13.0. The Hall–Kier alpha value is -3.75. The van der Waals surface area contributed by atoms with Crippen LogP contribution >= 0.6 is 0 Å². The number of nitrogens with one attached hydrogen (secondary N) is 1. The standard InChI is InChI=1S/C21H21N5O4/c1-12-4-7-15(10-13(12)2)26-20(28)18-19(21(26)29)25(24-23-18)11-17(27)22-14-5-8-16(30-3)9-6-14/h4-10,18-19H,11H2,1-3H3,(H,22,27)/t18-,19-/m0/s1. The molecule has 2 heterocycles. The van der Waals surface area contributed by atoms with Gasteiger partial charge in [-0.25, -0.2) is 4.90 Å². The van der Waals surface area contributed by atoms with Crippen LogP contribution in [-0.4, -0.2) is 48.5 Å². The Morgan fingerprint density at radius 2 is 1.80 bits per heavy atom. The fourth-order valence-electron chi connectivity index (χ4n) is 3.49. The molecule has 0 unspecified atom stereocenters. The minimum Gasteiger partial charge on any atom is -0.497 e. The van der Waals surface area contributed by atoms with Crippen molar-refractivity contribution in [3.05, 3.63) is 53.6 Å². The van der Waals surface area contributed by atoms with Crippen molar-refractivity contribution in [1.29, 1.82) is 0 Å². The van der Waals surface area contributed by atoms with Gasteiger partial charge in [-0.1, -0.05) is 11.3 Å². The van der Waals surface area contributed by atoms with Crippen LogP contribution in [0.4, 0.5) is 11.4 Å². The van der Waals surface area contributed by atoms with E-state index in [0.29, 0.717) is 17.1 Å². The molecule has 0 radical (unpaired) electrons. The number of amides is 3. The molecule has 2 aliphatic rings. The third-order valence-corrected chi connectivity index (χ3v) is 5.29. The average molecular weight is 407 g/mol. The maximum atomic E-state index is 13.0. The summed E-state index contributed by atoms with van der Waals surface area (Å²) in [6, 6.07) is 10.4. The number of nitrogens with zero attached hydrogens (tertiary/aromatic N) is 4. The Morgan fingerprint density at radius 3 is 2.47 bits per heavy atom. The molecule has 2 aromatic rings. The van der Waals surface area contributed by atoms with E-state index in [2.05, 4.69) is 15.7 Å². The zero-order valence-corrected chi connectivity index (χ0v) is 16.8. The summed E-state index contributed by atoms with van der Waals surface area (Å²) in [4.78, 5) is 39.4. The summed E-state index contributed by atoms with van der Waals surface area (Å²) in [5.41, 5.74) is 3.12. The first-order valence-corrected chi connectivity index (χ1v) is 9.45. The van der Waals surface area contributed by atoms with Gasteiger partial charge >= 0.3 is 0 Å². The monoisotopic (exact) mass is 407 g/mol. The highest BCUT2D eigenvalue weighted by Crippen LogP contribution is 2.32. The number of hydrogen-bond donors (Lipinski definition) is 1. The van der Waals surface area contributed by atoms with E-state index in [1.165, 1.54) is 5.01 Å². The van der Waals surface area contributed by atoms with Gasteiger partial charge in [0.25, 0.3) is 11.8 Å². The molecule has 1 saturated heterocycles. The summed E-state index contributed by atoms with van der Waals surface area (Å²) >= 11 is 0. The number of benzene rings is 2. The summed E-state index contributed by atoms with van der Waals surface area (Å²) in [6.45, 7) is 3.68. The zero-order chi connectivity index (χ0) is 21.4. The number of carbonyl (C=O) groups is 3. The molecule has 0 saturated carbocycles. The first-order chi connectivity index (χ1) is 14.4. The van der Waals surface area contributed by atoms with Crippen molar-refractivity contribution >= 4 is 29.1 Å². The third kappa shape index (κ3) is 3.38. The fourth-order valence-corrected chi connectivity index (χ4v) is 3.49. The largest absolute Gasteiger partial charge is 0.497 e. The fraction of sp³-hybridized carbons (Fsp3) is 0.286. The molecule has 0 aromatic heterocycles. The van der Waals surface area contributed by atoms with Gasteiger partial charge in [-0.2, -0.15) is 5.11 Å². The molecule has 2 aliphatic heterocycles. The predicted molar refractivity (Wildman–Crippen MR) is 109 cm³/mol. The van der Waals surface area contributed by atoms with Gasteiger partial charge in [-0.05, 0) is 61.4 Å². The lowest BCUT2D eigenvalue weighted by atomic mass is 10.1. The van der Waals surface area contributed by atoms with Crippen LogP contribution in [0.2, 0.25) is 0 Å². The molecule has 154 valence electrons. The minimum absolute atomic E-state index is 0.198. The molecule has 30 heavy (non-hydrogen) atoms. The smallest absolute Gasteiger partial charge is 0.263 e. The number of ether oxygens (including phenoxy) is 1. The van der Waals surface area contributed by atoms with Crippen molar-refractivity contribution in [1.82, 2.24) is 5.01 Å². The molecule has 2 atom stereocenters. The summed E-state index contributed by atoms with van der Waals surface area (Å²) < 4.78 is 5.09. The van der Waals surface area contributed by atoms with Crippen LogP contribution < -0.4 is 15.0 Å². The number of anilines is 2. The summed E-state index contributed by atoms with van der Waals surface area (Å²) in [5, 5.41) is 11.9. The van der Waals surface area contributed by atoms with Crippen LogP contribution in [0, 0.1) is 13.8 Å². The van der Waals surface area contributed by atoms with Crippen molar-refractivity contribution in [3.63, 3.8) is 0 Å². The van der Waals surface area contributed by atoms with Crippen molar-refractivity contribution in [3.8, 4) is 5.75 Å². The molecule has 0 aliphatic carbocycles. The van der Waals surface area contributed by atoms with E-state index in [1.807, 2.05) is 19.9 Å². The molecule has 4 rings (SSSR count). The number of rotatable bonds is 5. The number of hydrogen-bond acceptors (Lipinski definition) is 7. The van der Waals surface area contributed by atoms with E-state index in [9.17, 15) is 14.4 Å². The Balaban J connectivity index is 1.47. The number of methoxy groups -OCH3 is 1. The number of carbonyl (C=O) groups excluding carboxylic acids is 3. The second-order valence-electron chi connectivity index (χ2n) is 7.25. The van der Waals surface area contributed by atoms with Gasteiger partial charge in [0.05, 0.1) is 12.8 Å². The van der Waals surface area contributed by atoms with Gasteiger partial charge < -0.3 is 10.1 Å². The molecular formula is C21H21N5O4. The predicted octanol–water partition coefficient (Wildman–Crippen LogP) is 2.24. The topological polar surface area (TPSA) is 104 Å². The van der Waals surface area contributed by atoms with Gasteiger partial charge in [0.2, 0.25) is 5.91 Å². The Bertz CT molecular complexity index is 1050. The zero-order valence-electron chi connectivity index (χ0n) is 16.8. The van der Waals surface area contributed by atoms with Crippen LogP contribution in [0.15, 0.2) is 52.8 Å². The quantitative estimate of drug-likeness (QED) is 0.766. The number of imide groups is 1. The molecule has 0 spiro atoms. The first kappa shape index (κ1) is 19.6. The highest BCUT2D eigenvalue weighted by Gasteiger charge is 2.55. The van der Waals surface area contributed by atoms with E-state index < -0.39 is 23.9 Å². The van der Waals surface area contributed by atoms with Gasteiger partial charge in [0.15, 0.2) is 12.1 Å². The highest BCUT2D eigenvalue weighted by atomic mass is 16.5. The van der Waals surface area contributed by atoms with Gasteiger partial charge in [0.1, 0.15) is 12.3 Å².